The second-order valence-electron chi connectivity index (χ2n) is 6.56. The van der Waals surface area contributed by atoms with Crippen molar-refractivity contribution in [1.29, 1.82) is 0 Å². The third-order valence-electron chi connectivity index (χ3n) is 4.24. The molecule has 0 fully saturated rings. The minimum atomic E-state index is -3.78. The van der Waals surface area contributed by atoms with Gasteiger partial charge in [-0.05, 0) is 44.0 Å². The number of fused-ring (bicyclic) bond motifs is 1. The third kappa shape index (κ3) is 4.36. The number of sulfonamides is 1. The molecule has 1 heterocycles. The smallest absolute Gasteiger partial charge is 0.263 e. The molecule has 0 aliphatic rings. The highest BCUT2D eigenvalue weighted by atomic mass is 32.2. The SMILES string of the molecule is CCCCNc1nc2ccccc2nc1NS(=O)(=O)c1ccc(C)cc1C. The normalized spacial score (nSPS) is 11.5. The van der Waals surface area contributed by atoms with E-state index in [1.165, 1.54) is 0 Å². The van der Waals surface area contributed by atoms with Gasteiger partial charge in [0.05, 0.1) is 15.9 Å². The van der Waals surface area contributed by atoms with Gasteiger partial charge in [-0.15, -0.1) is 0 Å². The predicted octanol–water partition coefficient (Wildman–Crippen LogP) is 4.26. The summed E-state index contributed by atoms with van der Waals surface area (Å²) >= 11 is 0. The summed E-state index contributed by atoms with van der Waals surface area (Å²) in [6.07, 6.45) is 1.98. The second kappa shape index (κ2) is 7.92. The summed E-state index contributed by atoms with van der Waals surface area (Å²) < 4.78 is 28.5. The minimum absolute atomic E-state index is 0.213. The molecule has 3 rings (SSSR count). The quantitative estimate of drug-likeness (QED) is 0.595. The van der Waals surface area contributed by atoms with Gasteiger partial charge in [0.2, 0.25) is 0 Å². The van der Waals surface area contributed by atoms with Crippen LogP contribution in [0.25, 0.3) is 11.0 Å². The van der Waals surface area contributed by atoms with Crippen LogP contribution in [0, 0.1) is 13.8 Å². The fourth-order valence-corrected chi connectivity index (χ4v) is 4.10. The van der Waals surface area contributed by atoms with Gasteiger partial charge in [0.25, 0.3) is 10.0 Å². The van der Waals surface area contributed by atoms with E-state index in [0.717, 1.165) is 18.4 Å². The molecule has 0 aliphatic heterocycles. The van der Waals surface area contributed by atoms with E-state index in [1.54, 1.807) is 19.1 Å². The lowest BCUT2D eigenvalue weighted by molar-refractivity contribution is 0.600. The van der Waals surface area contributed by atoms with E-state index < -0.39 is 10.0 Å². The first-order valence-electron chi connectivity index (χ1n) is 9.01. The van der Waals surface area contributed by atoms with Gasteiger partial charge in [0.15, 0.2) is 11.6 Å². The Morgan fingerprint density at radius 2 is 1.63 bits per heavy atom. The van der Waals surface area contributed by atoms with Gasteiger partial charge in [0, 0.05) is 6.54 Å². The molecule has 0 radical (unpaired) electrons. The monoisotopic (exact) mass is 384 g/mol. The number of para-hydroxylation sites is 2. The Labute approximate surface area is 160 Å². The molecule has 27 heavy (non-hydrogen) atoms. The highest BCUT2D eigenvalue weighted by Crippen LogP contribution is 2.25. The average molecular weight is 385 g/mol. The average Bonchev–Trinajstić information content (AvgIpc) is 2.61. The molecular formula is C20H24N4O2S. The Morgan fingerprint density at radius 1 is 0.963 bits per heavy atom. The van der Waals surface area contributed by atoms with E-state index in [-0.39, 0.29) is 10.7 Å². The van der Waals surface area contributed by atoms with E-state index in [2.05, 4.69) is 26.9 Å². The molecule has 0 spiro atoms. The minimum Gasteiger partial charge on any atom is -0.367 e. The van der Waals surface area contributed by atoms with Crippen LogP contribution < -0.4 is 10.0 Å². The molecule has 2 aromatic carbocycles. The summed E-state index contributed by atoms with van der Waals surface area (Å²) in [5.41, 5.74) is 3.05. The van der Waals surface area contributed by atoms with Gasteiger partial charge in [-0.1, -0.05) is 43.2 Å². The van der Waals surface area contributed by atoms with Crippen molar-refractivity contribution in [3.05, 3.63) is 53.6 Å². The molecule has 0 saturated heterocycles. The molecule has 3 aromatic rings. The van der Waals surface area contributed by atoms with Gasteiger partial charge in [0.1, 0.15) is 0 Å². The molecule has 0 bridgehead atoms. The number of benzene rings is 2. The summed E-state index contributed by atoms with van der Waals surface area (Å²) in [5, 5.41) is 3.20. The van der Waals surface area contributed by atoms with Crippen molar-refractivity contribution >= 4 is 32.7 Å². The lowest BCUT2D eigenvalue weighted by Crippen LogP contribution is -2.18. The molecule has 142 valence electrons. The predicted molar refractivity (Wildman–Crippen MR) is 110 cm³/mol. The van der Waals surface area contributed by atoms with Gasteiger partial charge >= 0.3 is 0 Å². The molecule has 2 N–H and O–H groups in total. The first kappa shape index (κ1) is 19.1. The topological polar surface area (TPSA) is 84.0 Å². The lowest BCUT2D eigenvalue weighted by atomic mass is 10.2. The number of hydrogen-bond donors (Lipinski definition) is 2. The van der Waals surface area contributed by atoms with E-state index in [1.807, 2.05) is 37.3 Å². The fraction of sp³-hybridized carbons (Fsp3) is 0.300. The number of aromatic nitrogens is 2. The fourth-order valence-electron chi connectivity index (χ4n) is 2.86. The summed E-state index contributed by atoms with van der Waals surface area (Å²) in [6.45, 7) is 6.51. The molecule has 0 atom stereocenters. The maximum absolute atomic E-state index is 12.9. The summed E-state index contributed by atoms with van der Waals surface area (Å²) in [7, 11) is -3.78. The van der Waals surface area contributed by atoms with Gasteiger partial charge in [-0.3, -0.25) is 4.72 Å². The lowest BCUT2D eigenvalue weighted by Gasteiger charge is -2.14. The van der Waals surface area contributed by atoms with Crippen LogP contribution in [0.15, 0.2) is 47.4 Å². The molecule has 0 amide bonds. The molecule has 0 unspecified atom stereocenters. The number of anilines is 2. The zero-order valence-corrected chi connectivity index (χ0v) is 16.6. The van der Waals surface area contributed by atoms with Crippen LogP contribution in [0.5, 0.6) is 0 Å². The summed E-state index contributed by atoms with van der Waals surface area (Å²) in [6, 6.07) is 12.7. The number of unbranched alkanes of at least 4 members (excludes halogenated alkanes) is 1. The van der Waals surface area contributed by atoms with E-state index in [9.17, 15) is 8.42 Å². The Hall–Kier alpha value is -2.67. The van der Waals surface area contributed by atoms with E-state index >= 15 is 0 Å². The highest BCUT2D eigenvalue weighted by molar-refractivity contribution is 7.92. The van der Waals surface area contributed by atoms with Crippen LogP contribution in [0.2, 0.25) is 0 Å². The van der Waals surface area contributed by atoms with E-state index in [4.69, 9.17) is 0 Å². The van der Waals surface area contributed by atoms with Crippen molar-refractivity contribution in [2.24, 2.45) is 0 Å². The summed E-state index contributed by atoms with van der Waals surface area (Å²) in [5.74, 6) is 0.653. The van der Waals surface area contributed by atoms with E-state index in [0.29, 0.717) is 29.0 Å². The maximum Gasteiger partial charge on any atom is 0.263 e. The number of aryl methyl sites for hydroxylation is 2. The Morgan fingerprint density at radius 3 is 2.26 bits per heavy atom. The standard InChI is InChI=1S/C20H24N4O2S/c1-4-5-12-21-19-20(23-17-9-7-6-8-16(17)22-19)24-27(25,26)18-11-10-14(2)13-15(18)3/h6-11,13H,4-5,12H2,1-3H3,(H,21,22)(H,23,24). The Balaban J connectivity index is 2.02. The van der Waals surface area contributed by atoms with Crippen LogP contribution in [0.4, 0.5) is 11.6 Å². The molecule has 6 nitrogen and oxygen atoms in total. The van der Waals surface area contributed by atoms with Crippen LogP contribution in [-0.2, 0) is 10.0 Å². The van der Waals surface area contributed by atoms with Crippen LogP contribution >= 0.6 is 0 Å². The number of hydrogen-bond acceptors (Lipinski definition) is 5. The Bertz CT molecular complexity index is 1060. The van der Waals surface area contributed by atoms with Crippen molar-refractivity contribution in [2.45, 2.75) is 38.5 Å². The van der Waals surface area contributed by atoms with Gasteiger partial charge in [-0.25, -0.2) is 18.4 Å². The first-order valence-corrected chi connectivity index (χ1v) is 10.5. The van der Waals surface area contributed by atoms with Gasteiger partial charge in [-0.2, -0.15) is 0 Å². The molecule has 0 saturated carbocycles. The Kier molecular flexibility index (Phi) is 5.60. The molecule has 7 heteroatoms. The zero-order valence-electron chi connectivity index (χ0n) is 15.8. The first-order chi connectivity index (χ1) is 12.9. The maximum atomic E-state index is 12.9. The number of nitrogens with zero attached hydrogens (tertiary/aromatic N) is 2. The van der Waals surface area contributed by atoms with Crippen molar-refractivity contribution in [2.75, 3.05) is 16.6 Å². The van der Waals surface area contributed by atoms with Crippen molar-refractivity contribution in [1.82, 2.24) is 9.97 Å². The molecular weight excluding hydrogens is 360 g/mol. The second-order valence-corrected chi connectivity index (χ2v) is 8.22. The number of nitrogens with one attached hydrogen (secondary N) is 2. The highest BCUT2D eigenvalue weighted by Gasteiger charge is 2.20. The van der Waals surface area contributed by atoms with Gasteiger partial charge < -0.3 is 5.32 Å². The molecule has 0 aliphatic carbocycles. The van der Waals surface area contributed by atoms with Crippen molar-refractivity contribution in [3.63, 3.8) is 0 Å². The zero-order chi connectivity index (χ0) is 19.4. The summed E-state index contributed by atoms with van der Waals surface area (Å²) in [4.78, 5) is 9.30. The third-order valence-corrected chi connectivity index (χ3v) is 5.74. The van der Waals surface area contributed by atoms with Crippen molar-refractivity contribution < 1.29 is 8.42 Å². The number of rotatable bonds is 7. The molecule has 1 aromatic heterocycles. The van der Waals surface area contributed by atoms with Crippen molar-refractivity contribution in [3.8, 4) is 0 Å². The van der Waals surface area contributed by atoms with Crippen LogP contribution in [-0.4, -0.2) is 24.9 Å². The van der Waals surface area contributed by atoms with Crippen LogP contribution in [0.3, 0.4) is 0 Å². The van der Waals surface area contributed by atoms with Crippen LogP contribution in [0.1, 0.15) is 30.9 Å². The largest absolute Gasteiger partial charge is 0.367 e.